The molecule has 9 rings (SSSR count). The molecule has 2 heteroatoms. The van der Waals surface area contributed by atoms with Gasteiger partial charge in [0, 0.05) is 44.7 Å². The van der Waals surface area contributed by atoms with E-state index >= 15 is 0 Å². The maximum absolute atomic E-state index is 2.62. The summed E-state index contributed by atoms with van der Waals surface area (Å²) in [7, 11) is 0. The average molecular weight is 803 g/mol. The van der Waals surface area contributed by atoms with E-state index in [1.807, 2.05) is 0 Å². The van der Waals surface area contributed by atoms with Crippen LogP contribution in [0.5, 0.6) is 0 Å². The van der Waals surface area contributed by atoms with Gasteiger partial charge in [-0.2, -0.15) is 0 Å². The van der Waals surface area contributed by atoms with Crippen molar-refractivity contribution in [1.29, 1.82) is 0 Å². The largest absolute Gasteiger partial charge is 0.334 e. The Morgan fingerprint density at radius 3 is 1.92 bits per heavy atom. The van der Waals surface area contributed by atoms with Crippen LogP contribution in [0.1, 0.15) is 135 Å². The Kier molecular flexibility index (Phi) is 9.31. The van der Waals surface area contributed by atoms with Gasteiger partial charge in [0.15, 0.2) is 0 Å². The van der Waals surface area contributed by atoms with Crippen molar-refractivity contribution in [3.63, 3.8) is 0 Å². The molecule has 312 valence electrons. The molecule has 5 aromatic carbocycles. The smallest absolute Gasteiger partial charge is 0.0597 e. The second kappa shape index (κ2) is 13.8. The van der Waals surface area contributed by atoms with Crippen molar-refractivity contribution in [3.05, 3.63) is 183 Å². The third kappa shape index (κ3) is 6.50. The molecule has 0 spiro atoms. The topological polar surface area (TPSA) is 6.48 Å². The van der Waals surface area contributed by atoms with Gasteiger partial charge in [-0.15, -0.1) is 0 Å². The van der Waals surface area contributed by atoms with Crippen LogP contribution < -0.4 is 9.80 Å². The summed E-state index contributed by atoms with van der Waals surface area (Å²) < 4.78 is 0. The van der Waals surface area contributed by atoms with Gasteiger partial charge in [-0.3, -0.25) is 0 Å². The molecule has 1 atom stereocenters. The Labute approximate surface area is 367 Å². The van der Waals surface area contributed by atoms with Crippen molar-refractivity contribution < 1.29 is 0 Å². The molecule has 4 aliphatic rings. The van der Waals surface area contributed by atoms with Crippen molar-refractivity contribution in [2.24, 2.45) is 0 Å². The lowest BCUT2D eigenvalue weighted by Crippen LogP contribution is -2.45. The molecule has 5 aromatic rings. The molecule has 0 amide bonds. The van der Waals surface area contributed by atoms with Gasteiger partial charge in [0.25, 0.3) is 0 Å². The molecule has 0 fully saturated rings. The summed E-state index contributed by atoms with van der Waals surface area (Å²) in [6.07, 6.45) is 15.5. The average Bonchev–Trinajstić information content (AvgIpc) is 3.45. The van der Waals surface area contributed by atoms with Gasteiger partial charge in [0.05, 0.1) is 6.04 Å². The number of rotatable bonds is 4. The molecular weight excluding hydrogens is 737 g/mol. The Hall–Kier alpha value is -5.34. The van der Waals surface area contributed by atoms with Crippen molar-refractivity contribution in [1.82, 2.24) is 0 Å². The van der Waals surface area contributed by atoms with Gasteiger partial charge >= 0.3 is 0 Å². The van der Waals surface area contributed by atoms with Crippen LogP contribution in [-0.4, -0.2) is 6.04 Å². The maximum atomic E-state index is 2.62. The normalized spacial score (nSPS) is 21.5. The standard InChI is InChI=1S/C59H66N2/c1-37-32-50-47-35-41(58(50,11)12)34-45(33-38(2)57(9,10)49-20-17-18-46(37)54(47)49)60(42-26-22-39(23-27-42)55(3,4)5)44-30-31-53-51(36-44)59(13,14)48-19-15-16-21-52(48)61(53)43-28-24-40(25-29-43)56(6,7)8/h15-20,22-36,52H,21H2,1-14H3/b38-33+,45-34+. The summed E-state index contributed by atoms with van der Waals surface area (Å²) in [5, 5.41) is 2.77. The highest BCUT2D eigenvalue weighted by molar-refractivity contribution is 6.00. The Morgan fingerprint density at radius 2 is 1.26 bits per heavy atom. The summed E-state index contributed by atoms with van der Waals surface area (Å²) in [6.45, 7) is 33.0. The first-order valence-corrected chi connectivity index (χ1v) is 22.6. The lowest BCUT2D eigenvalue weighted by atomic mass is 9.68. The van der Waals surface area contributed by atoms with E-state index in [4.69, 9.17) is 0 Å². The number of aryl methyl sites for hydroxylation is 1. The van der Waals surface area contributed by atoms with Crippen LogP contribution in [0.2, 0.25) is 0 Å². The first-order chi connectivity index (χ1) is 28.6. The SMILES string of the molecule is C/C1=C\C(N(c2ccc(C(C)(C)C)cc2)c2ccc3c(c2)C(C)(C)C2=CC=CCC2N3c2ccc(C(C)(C)C)cc2)=C/C2=Cc3c(cc(C)c4cccc(c34)C1(C)C)C2(C)C. The third-order valence-corrected chi connectivity index (χ3v) is 15.0. The summed E-state index contributed by atoms with van der Waals surface area (Å²) in [5.41, 5.74) is 19.3. The van der Waals surface area contributed by atoms with Crippen molar-refractivity contribution >= 4 is 39.6 Å². The van der Waals surface area contributed by atoms with Crippen LogP contribution in [0.4, 0.5) is 22.7 Å². The summed E-state index contributed by atoms with van der Waals surface area (Å²) in [6, 6.07) is 35.7. The number of benzene rings is 5. The Balaban J connectivity index is 1.29. The summed E-state index contributed by atoms with van der Waals surface area (Å²) in [5.74, 6) is 0. The molecule has 0 aromatic heterocycles. The number of anilines is 4. The first kappa shape index (κ1) is 41.0. The summed E-state index contributed by atoms with van der Waals surface area (Å²) >= 11 is 0. The van der Waals surface area contributed by atoms with E-state index in [1.165, 1.54) is 89.2 Å². The van der Waals surface area contributed by atoms with Crippen molar-refractivity contribution in [2.75, 3.05) is 9.80 Å². The van der Waals surface area contributed by atoms with Crippen LogP contribution in [0.3, 0.4) is 0 Å². The molecule has 61 heavy (non-hydrogen) atoms. The molecule has 0 saturated heterocycles. The van der Waals surface area contributed by atoms with E-state index in [1.54, 1.807) is 0 Å². The molecule has 1 aliphatic heterocycles. The molecule has 1 unspecified atom stereocenters. The lowest BCUT2D eigenvalue weighted by molar-refractivity contribution is 0.522. The van der Waals surface area contributed by atoms with Gasteiger partial charge in [0.2, 0.25) is 0 Å². The molecule has 2 bridgehead atoms. The molecule has 0 radical (unpaired) electrons. The fourth-order valence-corrected chi connectivity index (χ4v) is 10.7. The Morgan fingerprint density at radius 1 is 0.623 bits per heavy atom. The highest BCUT2D eigenvalue weighted by Crippen LogP contribution is 2.54. The zero-order chi connectivity index (χ0) is 43.6. The fourth-order valence-electron chi connectivity index (χ4n) is 10.7. The number of hydrogen-bond donors (Lipinski definition) is 0. The van der Waals surface area contributed by atoms with Gasteiger partial charge in [-0.05, 0) is 153 Å². The second-order valence-electron chi connectivity index (χ2n) is 22.1. The first-order valence-electron chi connectivity index (χ1n) is 22.6. The predicted octanol–water partition coefficient (Wildman–Crippen LogP) is 16.1. The minimum Gasteiger partial charge on any atom is -0.334 e. The zero-order valence-corrected chi connectivity index (χ0v) is 39.3. The quantitative estimate of drug-likeness (QED) is 0.179. The Bertz CT molecular complexity index is 2760. The fraction of sp³-hybridized carbons (Fsp3) is 0.356. The van der Waals surface area contributed by atoms with Crippen LogP contribution in [0, 0.1) is 6.92 Å². The van der Waals surface area contributed by atoms with Crippen molar-refractivity contribution in [3.8, 4) is 0 Å². The molecular formula is C59H66N2. The van der Waals surface area contributed by atoms with Gasteiger partial charge in [-0.25, -0.2) is 0 Å². The number of nitrogens with zero attached hydrogens (tertiary/aromatic N) is 2. The van der Waals surface area contributed by atoms with Crippen LogP contribution in [0.15, 0.2) is 144 Å². The van der Waals surface area contributed by atoms with E-state index in [0.29, 0.717) is 0 Å². The van der Waals surface area contributed by atoms with Gasteiger partial charge < -0.3 is 9.80 Å². The monoisotopic (exact) mass is 803 g/mol. The predicted molar refractivity (Wildman–Crippen MR) is 264 cm³/mol. The second-order valence-corrected chi connectivity index (χ2v) is 22.1. The maximum Gasteiger partial charge on any atom is 0.0597 e. The number of fused-ring (bicyclic) bond motifs is 2. The minimum atomic E-state index is -0.225. The van der Waals surface area contributed by atoms with Gasteiger partial charge in [-0.1, -0.05) is 155 Å². The number of allylic oxidation sites excluding steroid dienone is 6. The highest BCUT2D eigenvalue weighted by Gasteiger charge is 2.43. The minimum absolute atomic E-state index is 0.0456. The summed E-state index contributed by atoms with van der Waals surface area (Å²) in [4.78, 5) is 5.16. The van der Waals surface area contributed by atoms with Crippen LogP contribution >= 0.6 is 0 Å². The van der Waals surface area contributed by atoms with E-state index < -0.39 is 0 Å². The van der Waals surface area contributed by atoms with Crippen LogP contribution in [0.25, 0.3) is 16.8 Å². The third-order valence-electron chi connectivity index (χ3n) is 15.0. The van der Waals surface area contributed by atoms with E-state index in [2.05, 4.69) is 234 Å². The van der Waals surface area contributed by atoms with E-state index in [-0.39, 0.29) is 33.1 Å². The van der Waals surface area contributed by atoms with E-state index in [9.17, 15) is 0 Å². The van der Waals surface area contributed by atoms with Crippen LogP contribution in [-0.2, 0) is 27.1 Å². The van der Waals surface area contributed by atoms with Gasteiger partial charge in [0.1, 0.15) is 0 Å². The molecule has 0 N–H and O–H groups in total. The molecule has 2 nitrogen and oxygen atoms in total. The lowest BCUT2D eigenvalue weighted by Gasteiger charge is -2.49. The number of hydrogen-bond acceptors (Lipinski definition) is 2. The molecule has 3 aliphatic carbocycles. The molecule has 1 heterocycles. The van der Waals surface area contributed by atoms with E-state index in [0.717, 1.165) is 12.1 Å². The molecule has 0 saturated carbocycles. The highest BCUT2D eigenvalue weighted by atomic mass is 15.2. The van der Waals surface area contributed by atoms with Crippen molar-refractivity contribution in [2.45, 2.75) is 136 Å². The zero-order valence-electron chi connectivity index (χ0n) is 39.3.